The number of nitrogens with one attached hydrogen (secondary N) is 2. The molecule has 0 unspecified atom stereocenters. The summed E-state index contributed by atoms with van der Waals surface area (Å²) in [6, 6.07) is 22.8. The molecule has 1 heterocycles. The van der Waals surface area contributed by atoms with Crippen LogP contribution in [0.25, 0.3) is 0 Å². The molecule has 0 aliphatic carbocycles. The highest BCUT2D eigenvalue weighted by Gasteiger charge is 2.15. The molecule has 6 heteroatoms. The van der Waals surface area contributed by atoms with Crippen molar-refractivity contribution in [3.05, 3.63) is 89.5 Å². The number of benzene rings is 3. The van der Waals surface area contributed by atoms with Gasteiger partial charge in [-0.1, -0.05) is 48.5 Å². The maximum atomic E-state index is 12.7. The van der Waals surface area contributed by atoms with Gasteiger partial charge in [0, 0.05) is 13.0 Å². The topological polar surface area (TPSA) is 76.7 Å². The molecule has 164 valence electrons. The van der Waals surface area contributed by atoms with Gasteiger partial charge in [-0.3, -0.25) is 9.59 Å². The molecule has 0 aromatic heterocycles. The molecule has 32 heavy (non-hydrogen) atoms. The van der Waals surface area contributed by atoms with E-state index in [-0.39, 0.29) is 11.8 Å². The van der Waals surface area contributed by atoms with Gasteiger partial charge in [0.25, 0.3) is 5.91 Å². The van der Waals surface area contributed by atoms with E-state index in [4.69, 9.17) is 9.47 Å². The molecule has 0 radical (unpaired) electrons. The molecule has 0 fully saturated rings. The summed E-state index contributed by atoms with van der Waals surface area (Å²) in [6.07, 6.45) is 1.61. The normalized spacial score (nSPS) is 12.1. The minimum atomic E-state index is -0.205. The van der Waals surface area contributed by atoms with E-state index in [1.54, 1.807) is 24.3 Å². The number of anilines is 1. The van der Waals surface area contributed by atoms with E-state index in [1.165, 1.54) is 0 Å². The zero-order chi connectivity index (χ0) is 22.2. The van der Waals surface area contributed by atoms with Crippen LogP contribution in [0.15, 0.2) is 72.8 Å². The summed E-state index contributed by atoms with van der Waals surface area (Å²) in [4.78, 5) is 25.2. The van der Waals surface area contributed by atoms with E-state index in [2.05, 4.69) is 10.6 Å². The third-order valence-electron chi connectivity index (χ3n) is 5.24. The standard InChI is InChI=1S/C26H26N2O4/c29-25(13-11-20-10-12-23-24(18-20)32-17-16-31-23)28-22-9-5-4-8-21(22)26(30)27-15-14-19-6-2-1-3-7-19/h1-10,12,18H,11,13-17H2,(H,27,30)(H,28,29). The average Bonchev–Trinajstić information content (AvgIpc) is 2.83. The Bertz CT molecular complexity index is 1080. The van der Waals surface area contributed by atoms with Crippen molar-refractivity contribution in [1.29, 1.82) is 0 Å². The van der Waals surface area contributed by atoms with E-state index in [1.807, 2.05) is 48.5 Å². The molecule has 0 saturated heterocycles. The minimum absolute atomic E-state index is 0.149. The maximum Gasteiger partial charge on any atom is 0.253 e. The largest absolute Gasteiger partial charge is 0.486 e. The van der Waals surface area contributed by atoms with Crippen LogP contribution < -0.4 is 20.1 Å². The zero-order valence-electron chi connectivity index (χ0n) is 17.8. The van der Waals surface area contributed by atoms with Crippen LogP contribution in [-0.2, 0) is 17.6 Å². The van der Waals surface area contributed by atoms with E-state index in [9.17, 15) is 9.59 Å². The summed E-state index contributed by atoms with van der Waals surface area (Å²) in [5.41, 5.74) is 3.12. The number of carbonyl (C=O) groups excluding carboxylic acids is 2. The van der Waals surface area contributed by atoms with Crippen LogP contribution >= 0.6 is 0 Å². The molecule has 0 atom stereocenters. The van der Waals surface area contributed by atoms with Crippen molar-refractivity contribution in [3.63, 3.8) is 0 Å². The van der Waals surface area contributed by atoms with Gasteiger partial charge >= 0.3 is 0 Å². The summed E-state index contributed by atoms with van der Waals surface area (Å²) < 4.78 is 11.1. The lowest BCUT2D eigenvalue weighted by Gasteiger charge is -2.18. The fourth-order valence-corrected chi connectivity index (χ4v) is 3.56. The lowest BCUT2D eigenvalue weighted by atomic mass is 10.1. The smallest absolute Gasteiger partial charge is 0.253 e. The quantitative estimate of drug-likeness (QED) is 0.566. The van der Waals surface area contributed by atoms with E-state index in [0.717, 1.165) is 23.3 Å². The number of hydrogen-bond donors (Lipinski definition) is 2. The van der Waals surface area contributed by atoms with Crippen LogP contribution in [0.2, 0.25) is 0 Å². The highest BCUT2D eigenvalue weighted by molar-refractivity contribution is 6.03. The Morgan fingerprint density at radius 1 is 0.781 bits per heavy atom. The van der Waals surface area contributed by atoms with Crippen LogP contribution in [-0.4, -0.2) is 31.6 Å². The molecular weight excluding hydrogens is 404 g/mol. The van der Waals surface area contributed by atoms with Crippen LogP contribution in [0.5, 0.6) is 11.5 Å². The van der Waals surface area contributed by atoms with E-state index >= 15 is 0 Å². The van der Waals surface area contributed by atoms with Crippen LogP contribution in [0.3, 0.4) is 0 Å². The zero-order valence-corrected chi connectivity index (χ0v) is 17.8. The monoisotopic (exact) mass is 430 g/mol. The first kappa shape index (κ1) is 21.4. The fraction of sp³-hybridized carbons (Fsp3) is 0.231. The molecule has 1 aliphatic heterocycles. The summed E-state index contributed by atoms with van der Waals surface area (Å²) in [5, 5.41) is 5.81. The predicted molar refractivity (Wildman–Crippen MR) is 123 cm³/mol. The number of hydrogen-bond acceptors (Lipinski definition) is 4. The van der Waals surface area contributed by atoms with Gasteiger partial charge in [-0.15, -0.1) is 0 Å². The number of aryl methyl sites for hydroxylation is 1. The Labute approximate surface area is 187 Å². The lowest BCUT2D eigenvalue weighted by Crippen LogP contribution is -2.27. The van der Waals surface area contributed by atoms with Gasteiger partial charge in [-0.25, -0.2) is 0 Å². The Morgan fingerprint density at radius 2 is 1.53 bits per heavy atom. The van der Waals surface area contributed by atoms with Gasteiger partial charge in [0.1, 0.15) is 13.2 Å². The Balaban J connectivity index is 1.31. The molecule has 0 spiro atoms. The van der Waals surface area contributed by atoms with Crippen LogP contribution in [0.4, 0.5) is 5.69 Å². The number of para-hydroxylation sites is 1. The van der Waals surface area contributed by atoms with E-state index in [0.29, 0.717) is 49.6 Å². The van der Waals surface area contributed by atoms with Crippen LogP contribution in [0.1, 0.15) is 27.9 Å². The highest BCUT2D eigenvalue weighted by atomic mass is 16.6. The fourth-order valence-electron chi connectivity index (χ4n) is 3.56. The molecule has 3 aromatic rings. The number of ether oxygens (including phenoxy) is 2. The third kappa shape index (κ3) is 5.66. The van der Waals surface area contributed by atoms with Crippen molar-refractivity contribution in [2.45, 2.75) is 19.3 Å². The van der Waals surface area contributed by atoms with Gasteiger partial charge in [0.05, 0.1) is 11.3 Å². The van der Waals surface area contributed by atoms with Gasteiger partial charge in [-0.2, -0.15) is 0 Å². The molecule has 0 saturated carbocycles. The van der Waals surface area contributed by atoms with Crippen molar-refractivity contribution in [2.24, 2.45) is 0 Å². The molecule has 4 rings (SSSR count). The second-order valence-corrected chi connectivity index (χ2v) is 7.56. The first-order valence-corrected chi connectivity index (χ1v) is 10.8. The predicted octanol–water partition coefficient (Wildman–Crippen LogP) is 4.00. The van der Waals surface area contributed by atoms with Crippen molar-refractivity contribution < 1.29 is 19.1 Å². The third-order valence-corrected chi connectivity index (χ3v) is 5.24. The first-order chi connectivity index (χ1) is 15.7. The second-order valence-electron chi connectivity index (χ2n) is 7.56. The molecule has 2 N–H and O–H groups in total. The van der Waals surface area contributed by atoms with Gasteiger partial charge < -0.3 is 20.1 Å². The summed E-state index contributed by atoms with van der Waals surface area (Å²) in [5.74, 6) is 1.09. The molecule has 0 bridgehead atoms. The number of amides is 2. The number of rotatable bonds is 8. The van der Waals surface area contributed by atoms with Gasteiger partial charge in [-0.05, 0) is 48.2 Å². The van der Waals surface area contributed by atoms with Crippen molar-refractivity contribution in [2.75, 3.05) is 25.1 Å². The van der Waals surface area contributed by atoms with Gasteiger partial charge in [0.15, 0.2) is 11.5 Å². The SMILES string of the molecule is O=C(CCc1ccc2c(c1)OCCO2)Nc1ccccc1C(=O)NCCc1ccccc1. The highest BCUT2D eigenvalue weighted by Crippen LogP contribution is 2.31. The van der Waals surface area contributed by atoms with E-state index < -0.39 is 0 Å². The maximum absolute atomic E-state index is 12.7. The Kier molecular flexibility index (Phi) is 7.02. The van der Waals surface area contributed by atoms with Gasteiger partial charge in [0.2, 0.25) is 5.91 Å². The van der Waals surface area contributed by atoms with Crippen LogP contribution in [0, 0.1) is 0 Å². The van der Waals surface area contributed by atoms with Crippen molar-refractivity contribution in [3.8, 4) is 11.5 Å². The molecular formula is C26H26N2O4. The summed E-state index contributed by atoms with van der Waals surface area (Å²) >= 11 is 0. The first-order valence-electron chi connectivity index (χ1n) is 10.8. The molecule has 6 nitrogen and oxygen atoms in total. The molecule has 3 aromatic carbocycles. The summed E-state index contributed by atoms with van der Waals surface area (Å²) in [7, 11) is 0. The second kappa shape index (κ2) is 10.5. The average molecular weight is 431 g/mol. The lowest BCUT2D eigenvalue weighted by molar-refractivity contribution is -0.116. The summed E-state index contributed by atoms with van der Waals surface area (Å²) in [6.45, 7) is 1.60. The Morgan fingerprint density at radius 3 is 2.38 bits per heavy atom. The number of fused-ring (bicyclic) bond motifs is 1. The number of carbonyl (C=O) groups is 2. The molecule has 1 aliphatic rings. The molecule has 2 amide bonds. The minimum Gasteiger partial charge on any atom is -0.486 e. The Hall–Kier alpha value is -3.80. The van der Waals surface area contributed by atoms with Crippen molar-refractivity contribution >= 4 is 17.5 Å². The van der Waals surface area contributed by atoms with Crippen molar-refractivity contribution in [1.82, 2.24) is 5.32 Å².